The molecule has 1 N–H and O–H groups in total. The third-order valence-corrected chi connectivity index (χ3v) is 5.22. The third-order valence-electron chi connectivity index (χ3n) is 4.90. The third kappa shape index (κ3) is 2.37. The Hall–Kier alpha value is -1.36. The number of nitrogens with one attached hydrogen (secondary N) is 1. The molecule has 5 heteroatoms. The van der Waals surface area contributed by atoms with Crippen LogP contribution in [0, 0.1) is 28.3 Å². The van der Waals surface area contributed by atoms with Gasteiger partial charge < -0.3 is 14.3 Å². The first-order valence-electron chi connectivity index (χ1n) is 7.63. The van der Waals surface area contributed by atoms with Gasteiger partial charge in [0.15, 0.2) is 16.3 Å². The SMILES string of the molecule is COc1cc2c(cc1F)[nH]c(=S)n2CC(C1CC1)C1CC1. The van der Waals surface area contributed by atoms with Crippen LogP contribution >= 0.6 is 12.2 Å². The van der Waals surface area contributed by atoms with E-state index in [1.54, 1.807) is 6.07 Å². The smallest absolute Gasteiger partial charge is 0.178 e. The molecular formula is C16H19FN2OS. The number of rotatable bonds is 5. The first-order chi connectivity index (χ1) is 10.2. The number of hydrogen-bond donors (Lipinski definition) is 1. The van der Waals surface area contributed by atoms with E-state index < -0.39 is 0 Å². The van der Waals surface area contributed by atoms with E-state index in [2.05, 4.69) is 9.55 Å². The van der Waals surface area contributed by atoms with Gasteiger partial charge in [-0.1, -0.05) is 0 Å². The Kier molecular flexibility index (Phi) is 3.06. The Bertz CT molecular complexity index is 731. The van der Waals surface area contributed by atoms with Gasteiger partial charge in [-0.3, -0.25) is 0 Å². The first-order valence-corrected chi connectivity index (χ1v) is 8.04. The monoisotopic (exact) mass is 306 g/mol. The Labute approximate surface area is 128 Å². The number of benzene rings is 1. The first kappa shape index (κ1) is 13.3. The highest BCUT2D eigenvalue weighted by Gasteiger charge is 2.41. The van der Waals surface area contributed by atoms with Crippen molar-refractivity contribution in [1.29, 1.82) is 0 Å². The molecule has 2 saturated carbocycles. The summed E-state index contributed by atoms with van der Waals surface area (Å²) in [4.78, 5) is 3.13. The van der Waals surface area contributed by atoms with Crippen LogP contribution < -0.4 is 4.74 Å². The van der Waals surface area contributed by atoms with E-state index in [9.17, 15) is 4.39 Å². The summed E-state index contributed by atoms with van der Waals surface area (Å²) in [5, 5.41) is 0. The van der Waals surface area contributed by atoms with Crippen molar-refractivity contribution in [3.63, 3.8) is 0 Å². The molecule has 0 amide bonds. The highest BCUT2D eigenvalue weighted by Crippen LogP contribution is 2.50. The molecule has 0 saturated heterocycles. The Morgan fingerprint density at radius 3 is 2.57 bits per heavy atom. The molecular weight excluding hydrogens is 287 g/mol. The minimum Gasteiger partial charge on any atom is -0.494 e. The second kappa shape index (κ2) is 4.83. The molecule has 0 spiro atoms. The van der Waals surface area contributed by atoms with E-state index in [1.165, 1.54) is 38.9 Å². The van der Waals surface area contributed by atoms with Crippen molar-refractivity contribution in [2.24, 2.45) is 17.8 Å². The molecule has 2 aromatic rings. The highest BCUT2D eigenvalue weighted by atomic mass is 32.1. The highest BCUT2D eigenvalue weighted by molar-refractivity contribution is 7.71. The molecule has 4 rings (SSSR count). The summed E-state index contributed by atoms with van der Waals surface area (Å²) in [6.07, 6.45) is 5.42. The minimum absolute atomic E-state index is 0.277. The molecule has 0 bridgehead atoms. The predicted molar refractivity (Wildman–Crippen MR) is 82.6 cm³/mol. The van der Waals surface area contributed by atoms with Crippen molar-refractivity contribution in [3.05, 3.63) is 22.7 Å². The van der Waals surface area contributed by atoms with Crippen molar-refractivity contribution in [3.8, 4) is 5.75 Å². The van der Waals surface area contributed by atoms with Gasteiger partial charge in [-0.05, 0) is 55.7 Å². The topological polar surface area (TPSA) is 29.9 Å². The van der Waals surface area contributed by atoms with E-state index in [-0.39, 0.29) is 11.6 Å². The van der Waals surface area contributed by atoms with E-state index in [0.717, 1.165) is 35.3 Å². The number of ether oxygens (including phenoxy) is 1. The zero-order valence-electron chi connectivity index (χ0n) is 12.1. The van der Waals surface area contributed by atoms with Crippen molar-refractivity contribution in [2.45, 2.75) is 32.2 Å². The van der Waals surface area contributed by atoms with Gasteiger partial charge in [0.05, 0.1) is 18.1 Å². The van der Waals surface area contributed by atoms with Crippen LogP contribution in [-0.4, -0.2) is 16.7 Å². The standard InChI is InChI=1S/C16H19FN2OS/c1-20-15-7-14-13(6-12(15)17)18-16(21)19(14)8-11(9-2-3-9)10-4-5-10/h6-7,9-11H,2-5,8H2,1H3,(H,18,21). The lowest BCUT2D eigenvalue weighted by molar-refractivity contribution is 0.351. The van der Waals surface area contributed by atoms with Gasteiger partial charge in [0.2, 0.25) is 0 Å². The number of nitrogens with zero attached hydrogens (tertiary/aromatic N) is 1. The van der Waals surface area contributed by atoms with Crippen LogP contribution in [-0.2, 0) is 6.54 Å². The van der Waals surface area contributed by atoms with Crippen LogP contribution in [0.15, 0.2) is 12.1 Å². The summed E-state index contributed by atoms with van der Waals surface area (Å²) in [6.45, 7) is 0.947. The lowest BCUT2D eigenvalue weighted by atomic mass is 9.98. The summed E-state index contributed by atoms with van der Waals surface area (Å²) >= 11 is 5.45. The summed E-state index contributed by atoms with van der Waals surface area (Å²) in [7, 11) is 1.49. The van der Waals surface area contributed by atoms with Crippen LogP contribution in [0.25, 0.3) is 11.0 Å². The maximum absolute atomic E-state index is 13.8. The molecule has 1 aromatic heterocycles. The van der Waals surface area contributed by atoms with E-state index in [0.29, 0.717) is 4.77 Å². The van der Waals surface area contributed by atoms with Crippen molar-refractivity contribution < 1.29 is 9.13 Å². The fourth-order valence-electron chi connectivity index (χ4n) is 3.44. The Morgan fingerprint density at radius 1 is 1.33 bits per heavy atom. The molecule has 2 aliphatic rings. The minimum atomic E-state index is -0.352. The van der Waals surface area contributed by atoms with Gasteiger partial charge in [0, 0.05) is 18.7 Å². The number of hydrogen-bond acceptors (Lipinski definition) is 2. The molecule has 0 radical (unpaired) electrons. The Morgan fingerprint density at radius 2 is 2.00 bits per heavy atom. The molecule has 0 unspecified atom stereocenters. The summed E-state index contributed by atoms with van der Waals surface area (Å²) in [5.41, 5.74) is 1.70. The van der Waals surface area contributed by atoms with E-state index >= 15 is 0 Å². The number of halogens is 1. The van der Waals surface area contributed by atoms with Gasteiger partial charge in [0.1, 0.15) is 0 Å². The molecule has 21 heavy (non-hydrogen) atoms. The maximum Gasteiger partial charge on any atom is 0.178 e. The molecule has 1 aromatic carbocycles. The van der Waals surface area contributed by atoms with Crippen LogP contribution in [0.5, 0.6) is 5.75 Å². The number of fused-ring (bicyclic) bond motifs is 1. The maximum atomic E-state index is 13.8. The van der Waals surface area contributed by atoms with Gasteiger partial charge in [0.25, 0.3) is 0 Å². The van der Waals surface area contributed by atoms with Crippen LogP contribution in [0.3, 0.4) is 0 Å². The van der Waals surface area contributed by atoms with E-state index in [4.69, 9.17) is 17.0 Å². The number of imidazole rings is 1. The van der Waals surface area contributed by atoms with Gasteiger partial charge in [-0.15, -0.1) is 0 Å². The van der Waals surface area contributed by atoms with Crippen molar-refractivity contribution >= 4 is 23.3 Å². The fourth-order valence-corrected chi connectivity index (χ4v) is 3.72. The quantitative estimate of drug-likeness (QED) is 0.836. The van der Waals surface area contributed by atoms with E-state index in [1.807, 2.05) is 0 Å². The molecule has 0 atom stereocenters. The summed E-state index contributed by atoms with van der Waals surface area (Å²) < 4.78 is 21.7. The Balaban J connectivity index is 1.76. The second-order valence-corrected chi connectivity index (χ2v) is 6.77. The van der Waals surface area contributed by atoms with Crippen LogP contribution in [0.4, 0.5) is 4.39 Å². The molecule has 3 nitrogen and oxygen atoms in total. The van der Waals surface area contributed by atoms with Crippen molar-refractivity contribution in [2.75, 3.05) is 7.11 Å². The van der Waals surface area contributed by atoms with Gasteiger partial charge >= 0.3 is 0 Å². The molecule has 0 aliphatic heterocycles. The molecule has 2 aliphatic carbocycles. The lowest BCUT2D eigenvalue weighted by Crippen LogP contribution is -2.15. The van der Waals surface area contributed by atoms with Gasteiger partial charge in [-0.25, -0.2) is 4.39 Å². The predicted octanol–water partition coefficient (Wildman–Crippen LogP) is 4.28. The van der Waals surface area contributed by atoms with Crippen molar-refractivity contribution in [1.82, 2.24) is 9.55 Å². The average molecular weight is 306 g/mol. The van der Waals surface area contributed by atoms with Gasteiger partial charge in [-0.2, -0.15) is 0 Å². The number of H-pyrrole nitrogens is 1. The number of aromatic amines is 1. The van der Waals surface area contributed by atoms with Crippen LogP contribution in [0.2, 0.25) is 0 Å². The fraction of sp³-hybridized carbons (Fsp3) is 0.562. The average Bonchev–Trinajstić information content (AvgIpc) is 3.35. The molecule has 112 valence electrons. The summed E-state index contributed by atoms with van der Waals surface area (Å²) in [5.74, 6) is 2.39. The lowest BCUT2D eigenvalue weighted by Gasteiger charge is -2.17. The number of aromatic nitrogens is 2. The molecule has 2 fully saturated rings. The summed E-state index contributed by atoms with van der Waals surface area (Å²) in [6, 6.07) is 3.23. The largest absolute Gasteiger partial charge is 0.494 e. The normalized spacial score (nSPS) is 18.6. The zero-order valence-corrected chi connectivity index (χ0v) is 12.9. The molecule has 1 heterocycles. The zero-order chi connectivity index (χ0) is 14.6. The second-order valence-electron chi connectivity index (χ2n) is 6.38. The van der Waals surface area contributed by atoms with Crippen LogP contribution in [0.1, 0.15) is 25.7 Å². The number of methoxy groups -OCH3 is 1.